The molecule has 1 nitrogen and oxygen atoms in total. The van der Waals surface area contributed by atoms with Crippen LogP contribution in [0.25, 0.3) is 0 Å². The summed E-state index contributed by atoms with van der Waals surface area (Å²) < 4.78 is 17.8. The van der Waals surface area contributed by atoms with Crippen molar-refractivity contribution in [1.82, 2.24) is 0 Å². The Kier molecular flexibility index (Phi) is 10.1. The minimum atomic E-state index is -0.286. The van der Waals surface area contributed by atoms with E-state index in [9.17, 15) is 4.39 Å². The quantitative estimate of drug-likeness (QED) is 0.528. The largest absolute Gasteiger partial charge is 2.00 e. The maximum atomic E-state index is 12.4. The van der Waals surface area contributed by atoms with Crippen molar-refractivity contribution in [2.75, 3.05) is 0 Å². The SMILES string of the molecule is CCC(C)Oc1[c-]cc(F)cc1.[Br-].[Mg+2]. The van der Waals surface area contributed by atoms with Crippen molar-refractivity contribution in [1.29, 1.82) is 0 Å². The molecule has 0 aliphatic rings. The van der Waals surface area contributed by atoms with Crippen LogP contribution in [-0.2, 0) is 0 Å². The van der Waals surface area contributed by atoms with Crippen LogP contribution < -0.4 is 21.7 Å². The Hall–Kier alpha value is 0.196. The number of ether oxygens (including phenoxy) is 1. The maximum Gasteiger partial charge on any atom is 2.00 e. The Balaban J connectivity index is 0. The van der Waals surface area contributed by atoms with Gasteiger partial charge in [0.2, 0.25) is 0 Å². The summed E-state index contributed by atoms with van der Waals surface area (Å²) in [6, 6.07) is 6.93. The van der Waals surface area contributed by atoms with Crippen LogP contribution >= 0.6 is 0 Å². The molecule has 0 bridgehead atoms. The molecule has 1 aromatic rings. The van der Waals surface area contributed by atoms with Crippen LogP contribution in [0, 0.1) is 11.9 Å². The topological polar surface area (TPSA) is 9.23 Å². The Morgan fingerprint density at radius 1 is 1.50 bits per heavy atom. The average Bonchev–Trinajstić information content (AvgIpc) is 2.09. The molecular weight excluding hydrogens is 259 g/mol. The molecule has 1 rings (SSSR count). The van der Waals surface area contributed by atoms with E-state index >= 15 is 0 Å². The smallest absolute Gasteiger partial charge is 1.00 e. The Bertz CT molecular complexity index is 240. The Morgan fingerprint density at radius 3 is 2.57 bits per heavy atom. The van der Waals surface area contributed by atoms with Gasteiger partial charge in [-0.05, 0) is 13.3 Å². The number of rotatable bonds is 3. The summed E-state index contributed by atoms with van der Waals surface area (Å²) in [4.78, 5) is 0. The van der Waals surface area contributed by atoms with Gasteiger partial charge in [-0.15, -0.1) is 24.3 Å². The summed E-state index contributed by atoms with van der Waals surface area (Å²) in [7, 11) is 0. The van der Waals surface area contributed by atoms with Gasteiger partial charge in [-0.3, -0.25) is 4.39 Å². The van der Waals surface area contributed by atoms with Gasteiger partial charge in [-0.25, -0.2) is 0 Å². The summed E-state index contributed by atoms with van der Waals surface area (Å²) in [6.45, 7) is 4.01. The molecule has 0 heterocycles. The molecule has 14 heavy (non-hydrogen) atoms. The third-order valence-corrected chi connectivity index (χ3v) is 1.65. The molecule has 1 aromatic carbocycles. The molecule has 0 saturated heterocycles. The molecule has 0 saturated carbocycles. The van der Waals surface area contributed by atoms with Crippen LogP contribution in [0.3, 0.4) is 0 Å². The van der Waals surface area contributed by atoms with Crippen LogP contribution in [0.1, 0.15) is 20.3 Å². The molecule has 0 aromatic heterocycles. The van der Waals surface area contributed by atoms with Crippen LogP contribution in [0.2, 0.25) is 0 Å². The summed E-state index contributed by atoms with van der Waals surface area (Å²) in [5.41, 5.74) is 0. The normalized spacial score (nSPS) is 10.8. The van der Waals surface area contributed by atoms with E-state index in [0.717, 1.165) is 6.42 Å². The second-order valence-corrected chi connectivity index (χ2v) is 2.71. The molecule has 0 N–H and O–H groups in total. The van der Waals surface area contributed by atoms with E-state index in [2.05, 4.69) is 6.07 Å². The van der Waals surface area contributed by atoms with Crippen molar-refractivity contribution in [3.05, 3.63) is 30.1 Å². The second-order valence-electron chi connectivity index (χ2n) is 2.71. The Labute approximate surface area is 111 Å². The third kappa shape index (κ3) is 5.83. The van der Waals surface area contributed by atoms with Crippen LogP contribution in [0.5, 0.6) is 5.75 Å². The van der Waals surface area contributed by atoms with Crippen molar-refractivity contribution < 1.29 is 26.1 Å². The van der Waals surface area contributed by atoms with E-state index in [-0.39, 0.29) is 52.0 Å². The van der Waals surface area contributed by atoms with Crippen LogP contribution in [-0.4, -0.2) is 29.2 Å². The first kappa shape index (κ1) is 16.6. The molecule has 74 valence electrons. The van der Waals surface area contributed by atoms with Gasteiger partial charge < -0.3 is 21.7 Å². The van der Waals surface area contributed by atoms with Gasteiger partial charge in [-0.2, -0.15) is 0 Å². The molecule has 1 unspecified atom stereocenters. The van der Waals surface area contributed by atoms with Crippen molar-refractivity contribution in [2.45, 2.75) is 26.4 Å². The van der Waals surface area contributed by atoms with Gasteiger partial charge in [0.15, 0.2) is 0 Å². The van der Waals surface area contributed by atoms with Gasteiger partial charge in [0.25, 0.3) is 0 Å². The minimum Gasteiger partial charge on any atom is -1.00 e. The molecule has 0 fully saturated rings. The molecule has 0 aliphatic carbocycles. The van der Waals surface area contributed by atoms with Gasteiger partial charge in [0.05, 0.1) is 6.10 Å². The van der Waals surface area contributed by atoms with E-state index < -0.39 is 0 Å². The van der Waals surface area contributed by atoms with E-state index in [4.69, 9.17) is 4.74 Å². The van der Waals surface area contributed by atoms with E-state index in [0.29, 0.717) is 5.75 Å². The van der Waals surface area contributed by atoms with Crippen molar-refractivity contribution >= 4 is 23.1 Å². The fraction of sp³-hybridized carbons (Fsp3) is 0.400. The Morgan fingerprint density at radius 2 is 2.14 bits per heavy atom. The summed E-state index contributed by atoms with van der Waals surface area (Å²) in [5, 5.41) is 0. The standard InChI is InChI=1S/C10H12FO.BrH.Mg/c1-3-8(2)12-10-6-4-9(11)5-7-10;;/h4-6,8H,3H2,1-2H3;1H;/q-1;;+2/p-1. The van der Waals surface area contributed by atoms with Crippen molar-refractivity contribution in [3.63, 3.8) is 0 Å². The first-order valence-electron chi connectivity index (χ1n) is 4.06. The summed E-state index contributed by atoms with van der Waals surface area (Å²) in [6.07, 6.45) is 1.09. The first-order chi connectivity index (χ1) is 5.72. The zero-order valence-corrected chi connectivity index (χ0v) is 11.4. The summed E-state index contributed by atoms with van der Waals surface area (Å²) >= 11 is 0. The molecule has 1 atom stereocenters. The minimum absolute atomic E-state index is 0. The molecule has 0 aliphatic heterocycles. The number of hydrogen-bond acceptors (Lipinski definition) is 1. The van der Waals surface area contributed by atoms with Crippen LogP contribution in [0.15, 0.2) is 18.2 Å². The molecule has 0 amide bonds. The van der Waals surface area contributed by atoms with E-state index in [1.54, 1.807) is 6.07 Å². The van der Waals surface area contributed by atoms with E-state index in [1.165, 1.54) is 12.1 Å². The molecule has 0 radical (unpaired) electrons. The fourth-order valence-corrected chi connectivity index (χ4v) is 0.765. The van der Waals surface area contributed by atoms with Gasteiger partial charge in [0.1, 0.15) is 0 Å². The molecule has 0 spiro atoms. The number of halogens is 2. The van der Waals surface area contributed by atoms with E-state index in [1.807, 2.05) is 13.8 Å². The summed E-state index contributed by atoms with van der Waals surface area (Å²) in [5.74, 6) is 0.317. The molecular formula is C10H12BrFMgO. The zero-order valence-electron chi connectivity index (χ0n) is 8.39. The number of hydrogen-bond donors (Lipinski definition) is 0. The predicted molar refractivity (Wildman–Crippen MR) is 51.4 cm³/mol. The third-order valence-electron chi connectivity index (χ3n) is 1.65. The predicted octanol–water partition coefficient (Wildman–Crippen LogP) is -0.574. The van der Waals surface area contributed by atoms with Gasteiger partial charge in [-0.1, -0.05) is 6.92 Å². The fourth-order valence-electron chi connectivity index (χ4n) is 0.765. The average molecular weight is 271 g/mol. The first-order valence-corrected chi connectivity index (χ1v) is 4.06. The van der Waals surface area contributed by atoms with Gasteiger partial charge >= 0.3 is 23.1 Å². The number of benzene rings is 1. The van der Waals surface area contributed by atoms with Crippen molar-refractivity contribution in [3.8, 4) is 5.75 Å². The van der Waals surface area contributed by atoms with Crippen molar-refractivity contribution in [2.24, 2.45) is 0 Å². The maximum absolute atomic E-state index is 12.4. The molecule has 4 heteroatoms. The van der Waals surface area contributed by atoms with Gasteiger partial charge in [0, 0.05) is 11.6 Å². The van der Waals surface area contributed by atoms with Crippen LogP contribution in [0.4, 0.5) is 4.39 Å². The second kappa shape index (κ2) is 8.50. The zero-order chi connectivity index (χ0) is 8.97. The monoisotopic (exact) mass is 270 g/mol.